The molecule has 9 heteroatoms. The molecule has 8 nitrogen and oxygen atoms in total. The number of fused-ring (bicyclic) bond motifs is 1. The number of nitrogens with zero attached hydrogens (tertiary/aromatic N) is 2. The Bertz CT molecular complexity index is 1430. The van der Waals surface area contributed by atoms with Crippen LogP contribution >= 0.6 is 11.3 Å². The molecule has 1 aromatic heterocycles. The number of benzene rings is 2. The van der Waals surface area contributed by atoms with Crippen molar-refractivity contribution in [1.29, 1.82) is 0 Å². The molecular formula is C25H24N2O6S. The lowest BCUT2D eigenvalue weighted by atomic mass is 9.96. The molecule has 2 aromatic carbocycles. The molecule has 1 aliphatic rings. The van der Waals surface area contributed by atoms with Gasteiger partial charge in [0.25, 0.3) is 5.56 Å². The number of phenolic OH excluding ortho intramolecular Hbond substituents is 1. The van der Waals surface area contributed by atoms with Crippen LogP contribution in [0, 0.1) is 0 Å². The number of aromatic nitrogens is 1. The van der Waals surface area contributed by atoms with Crippen molar-refractivity contribution in [3.05, 3.63) is 84.5 Å². The highest BCUT2D eigenvalue weighted by atomic mass is 32.1. The van der Waals surface area contributed by atoms with Gasteiger partial charge in [-0.25, -0.2) is 9.79 Å². The molecule has 0 spiro atoms. The highest BCUT2D eigenvalue weighted by Gasteiger charge is 2.33. The van der Waals surface area contributed by atoms with Gasteiger partial charge in [0, 0.05) is 0 Å². The van der Waals surface area contributed by atoms with Gasteiger partial charge in [-0.2, -0.15) is 0 Å². The zero-order chi connectivity index (χ0) is 24.4. The smallest absolute Gasteiger partial charge is 0.338 e. The van der Waals surface area contributed by atoms with E-state index >= 15 is 0 Å². The van der Waals surface area contributed by atoms with E-state index in [9.17, 15) is 14.7 Å². The van der Waals surface area contributed by atoms with Crippen LogP contribution in [0.2, 0.25) is 0 Å². The first-order valence-corrected chi connectivity index (χ1v) is 11.4. The number of hydrogen-bond donors (Lipinski definition) is 1. The van der Waals surface area contributed by atoms with Crippen LogP contribution in [-0.2, 0) is 9.53 Å². The highest BCUT2D eigenvalue weighted by Crippen LogP contribution is 2.37. The second-order valence-corrected chi connectivity index (χ2v) is 8.50. The number of phenols is 1. The summed E-state index contributed by atoms with van der Waals surface area (Å²) < 4.78 is 17.7. The third-order valence-corrected chi connectivity index (χ3v) is 6.42. The summed E-state index contributed by atoms with van der Waals surface area (Å²) in [4.78, 5) is 31.5. The predicted molar refractivity (Wildman–Crippen MR) is 128 cm³/mol. The fraction of sp³-hybridized carbons (Fsp3) is 0.240. The van der Waals surface area contributed by atoms with Gasteiger partial charge in [-0.15, -0.1) is 0 Å². The van der Waals surface area contributed by atoms with Crippen LogP contribution in [0.25, 0.3) is 6.08 Å². The maximum Gasteiger partial charge on any atom is 0.338 e. The molecule has 0 saturated heterocycles. The Morgan fingerprint density at radius 3 is 2.41 bits per heavy atom. The number of rotatable bonds is 6. The lowest BCUT2D eigenvalue weighted by Crippen LogP contribution is -2.39. The van der Waals surface area contributed by atoms with Gasteiger partial charge in [-0.3, -0.25) is 9.36 Å². The van der Waals surface area contributed by atoms with Crippen molar-refractivity contribution in [2.24, 2.45) is 4.99 Å². The number of thiazole rings is 1. The van der Waals surface area contributed by atoms with E-state index in [1.54, 1.807) is 32.1 Å². The third-order valence-electron chi connectivity index (χ3n) is 5.43. The Kier molecular flexibility index (Phi) is 6.56. The Balaban J connectivity index is 1.95. The molecule has 3 aromatic rings. The first-order chi connectivity index (χ1) is 16.4. The van der Waals surface area contributed by atoms with Crippen molar-refractivity contribution in [2.45, 2.75) is 19.9 Å². The maximum atomic E-state index is 13.6. The summed E-state index contributed by atoms with van der Waals surface area (Å²) in [6, 6.07) is 11.9. The monoisotopic (exact) mass is 480 g/mol. The number of esters is 1. The Hall–Kier alpha value is -3.85. The van der Waals surface area contributed by atoms with E-state index in [1.807, 2.05) is 30.3 Å². The molecule has 1 atom stereocenters. The molecule has 0 bridgehead atoms. The summed E-state index contributed by atoms with van der Waals surface area (Å²) >= 11 is 1.21. The largest absolute Gasteiger partial charge is 0.502 e. The van der Waals surface area contributed by atoms with Crippen molar-refractivity contribution in [3.8, 4) is 17.2 Å². The van der Waals surface area contributed by atoms with Crippen LogP contribution in [0.1, 0.15) is 31.0 Å². The van der Waals surface area contributed by atoms with Gasteiger partial charge in [0.2, 0.25) is 5.75 Å². The Labute approximate surface area is 199 Å². The SMILES string of the molecule is CCOC(=O)C1=C(C)N=c2s/c(=C/c3cc(OC)c(O)c(OC)c3)c(=O)n2[C@H]1c1ccccc1. The fourth-order valence-corrected chi connectivity index (χ4v) is 4.94. The summed E-state index contributed by atoms with van der Waals surface area (Å²) in [5.41, 5.74) is 1.93. The van der Waals surface area contributed by atoms with E-state index in [0.29, 0.717) is 26.2 Å². The molecule has 0 aliphatic carbocycles. The van der Waals surface area contributed by atoms with Crippen LogP contribution in [0.3, 0.4) is 0 Å². The van der Waals surface area contributed by atoms with Crippen LogP contribution < -0.4 is 24.4 Å². The number of hydrogen-bond acceptors (Lipinski definition) is 8. The first-order valence-electron chi connectivity index (χ1n) is 10.6. The average Bonchev–Trinajstić information content (AvgIpc) is 3.14. The predicted octanol–water partition coefficient (Wildman–Crippen LogP) is 2.52. The van der Waals surface area contributed by atoms with Gasteiger partial charge in [-0.1, -0.05) is 41.7 Å². The highest BCUT2D eigenvalue weighted by molar-refractivity contribution is 7.07. The number of ether oxygens (including phenoxy) is 3. The van der Waals surface area contributed by atoms with Crippen molar-refractivity contribution < 1.29 is 24.1 Å². The molecular weight excluding hydrogens is 456 g/mol. The minimum Gasteiger partial charge on any atom is -0.502 e. The van der Waals surface area contributed by atoms with Crippen molar-refractivity contribution >= 4 is 23.4 Å². The van der Waals surface area contributed by atoms with E-state index < -0.39 is 12.0 Å². The van der Waals surface area contributed by atoms with E-state index in [2.05, 4.69) is 4.99 Å². The van der Waals surface area contributed by atoms with Crippen molar-refractivity contribution in [1.82, 2.24) is 4.57 Å². The van der Waals surface area contributed by atoms with Gasteiger partial charge in [0.1, 0.15) is 0 Å². The molecule has 0 radical (unpaired) electrons. The Morgan fingerprint density at radius 2 is 1.82 bits per heavy atom. The quantitative estimate of drug-likeness (QED) is 0.545. The number of aromatic hydroxyl groups is 1. The summed E-state index contributed by atoms with van der Waals surface area (Å²) in [7, 11) is 2.87. The van der Waals surface area contributed by atoms with Crippen LogP contribution in [-0.4, -0.2) is 36.5 Å². The van der Waals surface area contributed by atoms with E-state index in [-0.39, 0.29) is 29.4 Å². The van der Waals surface area contributed by atoms with Crippen LogP contribution in [0.15, 0.2) is 63.5 Å². The van der Waals surface area contributed by atoms with E-state index in [0.717, 1.165) is 5.56 Å². The molecule has 2 heterocycles. The third kappa shape index (κ3) is 4.10. The van der Waals surface area contributed by atoms with Gasteiger partial charge in [0.05, 0.1) is 42.7 Å². The Morgan fingerprint density at radius 1 is 1.18 bits per heavy atom. The molecule has 0 fully saturated rings. The van der Waals surface area contributed by atoms with Gasteiger partial charge in [-0.05, 0) is 43.2 Å². The lowest BCUT2D eigenvalue weighted by molar-refractivity contribution is -0.139. The topological polar surface area (TPSA) is 99.4 Å². The number of carbonyl (C=O) groups excluding carboxylic acids is 1. The zero-order valence-corrected chi connectivity index (χ0v) is 20.0. The number of carbonyl (C=O) groups is 1. The molecule has 34 heavy (non-hydrogen) atoms. The molecule has 1 N–H and O–H groups in total. The summed E-state index contributed by atoms with van der Waals surface area (Å²) in [5.74, 6) is -0.177. The van der Waals surface area contributed by atoms with Crippen LogP contribution in [0.5, 0.6) is 17.2 Å². The molecule has 0 amide bonds. The van der Waals surface area contributed by atoms with Gasteiger partial charge >= 0.3 is 5.97 Å². The molecule has 0 unspecified atom stereocenters. The maximum absolute atomic E-state index is 13.6. The lowest BCUT2D eigenvalue weighted by Gasteiger charge is -2.24. The van der Waals surface area contributed by atoms with Gasteiger partial charge < -0.3 is 19.3 Å². The summed E-state index contributed by atoms with van der Waals surface area (Å²) in [6.07, 6.45) is 1.68. The normalized spacial score (nSPS) is 15.5. The minimum absolute atomic E-state index is 0.123. The fourth-order valence-electron chi connectivity index (χ4n) is 3.89. The van der Waals surface area contributed by atoms with E-state index in [4.69, 9.17) is 14.2 Å². The first kappa shape index (κ1) is 23.3. The molecule has 1 aliphatic heterocycles. The van der Waals surface area contributed by atoms with Crippen molar-refractivity contribution in [3.63, 3.8) is 0 Å². The standard InChI is InChI=1S/C25H24N2O6S/c1-5-33-24(30)20-14(2)26-25-27(21(20)16-9-7-6-8-10-16)23(29)19(34-25)13-15-11-17(31-3)22(28)18(12-15)32-4/h6-13,21,28H,5H2,1-4H3/b19-13+/t21-/m0/s1. The summed E-state index contributed by atoms with van der Waals surface area (Å²) in [6.45, 7) is 3.70. The van der Waals surface area contributed by atoms with Crippen LogP contribution in [0.4, 0.5) is 0 Å². The van der Waals surface area contributed by atoms with Crippen molar-refractivity contribution in [2.75, 3.05) is 20.8 Å². The average molecular weight is 481 g/mol. The summed E-state index contributed by atoms with van der Waals surface area (Å²) in [5, 5.41) is 10.2. The number of methoxy groups -OCH3 is 2. The molecule has 176 valence electrons. The zero-order valence-electron chi connectivity index (χ0n) is 19.2. The molecule has 0 saturated carbocycles. The van der Waals surface area contributed by atoms with Gasteiger partial charge in [0.15, 0.2) is 16.3 Å². The second-order valence-electron chi connectivity index (χ2n) is 7.49. The second kappa shape index (κ2) is 9.56. The van der Waals surface area contributed by atoms with E-state index in [1.165, 1.54) is 30.1 Å². The molecule has 4 rings (SSSR count). The number of allylic oxidation sites excluding steroid dienone is 1. The minimum atomic E-state index is -0.664.